The number of hydrogen-bond acceptors (Lipinski definition) is 5. The lowest BCUT2D eigenvalue weighted by molar-refractivity contribution is 0.318. The summed E-state index contributed by atoms with van der Waals surface area (Å²) < 4.78 is 5.49. The van der Waals surface area contributed by atoms with Gasteiger partial charge in [0, 0.05) is 12.5 Å². The molecule has 2 aliphatic rings. The maximum absolute atomic E-state index is 5.49. The van der Waals surface area contributed by atoms with Crippen LogP contribution in [0.1, 0.15) is 55.7 Å². The summed E-state index contributed by atoms with van der Waals surface area (Å²) in [7, 11) is 0. The fraction of sp³-hybridized carbons (Fsp3) is 0.846. The Morgan fingerprint density at radius 2 is 2.06 bits per heavy atom. The monoisotopic (exact) mass is 267 g/mol. The zero-order valence-electron chi connectivity index (χ0n) is 10.7. The highest BCUT2D eigenvalue weighted by molar-refractivity contribution is 7.99. The number of nitrogens with zero attached hydrogens (tertiary/aromatic N) is 2. The van der Waals surface area contributed by atoms with Gasteiger partial charge in [0.2, 0.25) is 5.89 Å². The highest BCUT2D eigenvalue weighted by atomic mass is 32.2. The summed E-state index contributed by atoms with van der Waals surface area (Å²) in [5.41, 5.74) is 0. The average Bonchev–Trinajstić information content (AvgIpc) is 2.76. The van der Waals surface area contributed by atoms with E-state index in [-0.39, 0.29) is 0 Å². The summed E-state index contributed by atoms with van der Waals surface area (Å²) in [4.78, 5) is 4.67. The Hall–Kier alpha value is -0.550. The fourth-order valence-corrected chi connectivity index (χ4v) is 3.83. The van der Waals surface area contributed by atoms with Crippen molar-refractivity contribution in [1.29, 1.82) is 0 Å². The quantitative estimate of drug-likeness (QED) is 0.892. The van der Waals surface area contributed by atoms with E-state index in [9.17, 15) is 0 Å². The second kappa shape index (κ2) is 6.06. The van der Waals surface area contributed by atoms with Gasteiger partial charge in [0.1, 0.15) is 0 Å². The first-order chi connectivity index (χ1) is 8.93. The maximum atomic E-state index is 5.49. The third-order valence-electron chi connectivity index (χ3n) is 3.92. The SMILES string of the molecule is C1CSCC[C@@H](c2noc([C@H]3CCCNC3)n2)C1. The molecule has 100 valence electrons. The summed E-state index contributed by atoms with van der Waals surface area (Å²) in [6.45, 7) is 2.11. The third-order valence-corrected chi connectivity index (χ3v) is 5.02. The van der Waals surface area contributed by atoms with Crippen molar-refractivity contribution in [2.24, 2.45) is 0 Å². The molecule has 1 N–H and O–H groups in total. The highest BCUT2D eigenvalue weighted by Gasteiger charge is 2.24. The lowest BCUT2D eigenvalue weighted by Gasteiger charge is -2.18. The van der Waals surface area contributed by atoms with Crippen LogP contribution in [0.5, 0.6) is 0 Å². The number of nitrogens with one attached hydrogen (secondary N) is 1. The van der Waals surface area contributed by atoms with E-state index >= 15 is 0 Å². The molecule has 3 heterocycles. The van der Waals surface area contributed by atoms with Crippen molar-refractivity contribution in [3.8, 4) is 0 Å². The first-order valence-corrected chi connectivity index (χ1v) is 8.21. The summed E-state index contributed by atoms with van der Waals surface area (Å²) in [6, 6.07) is 0. The van der Waals surface area contributed by atoms with Crippen molar-refractivity contribution in [2.75, 3.05) is 24.6 Å². The van der Waals surface area contributed by atoms with E-state index in [0.717, 1.165) is 24.8 Å². The van der Waals surface area contributed by atoms with Gasteiger partial charge in [-0.2, -0.15) is 16.7 Å². The Morgan fingerprint density at radius 3 is 2.94 bits per heavy atom. The van der Waals surface area contributed by atoms with Crippen molar-refractivity contribution in [2.45, 2.75) is 43.9 Å². The molecule has 0 aromatic carbocycles. The predicted octanol–water partition coefficient (Wildman–Crippen LogP) is 2.54. The Labute approximate surface area is 112 Å². The van der Waals surface area contributed by atoms with Crippen LogP contribution in [-0.2, 0) is 0 Å². The summed E-state index contributed by atoms with van der Waals surface area (Å²) in [5.74, 6) is 5.29. The number of piperidine rings is 1. The molecule has 5 heteroatoms. The molecule has 0 saturated carbocycles. The molecule has 0 radical (unpaired) electrons. The molecule has 2 aliphatic heterocycles. The van der Waals surface area contributed by atoms with Gasteiger partial charge < -0.3 is 9.84 Å². The number of rotatable bonds is 2. The Kier molecular flexibility index (Phi) is 4.20. The van der Waals surface area contributed by atoms with Gasteiger partial charge in [0.15, 0.2) is 5.82 Å². The van der Waals surface area contributed by atoms with E-state index in [2.05, 4.69) is 27.2 Å². The van der Waals surface area contributed by atoms with Crippen LogP contribution in [0.25, 0.3) is 0 Å². The summed E-state index contributed by atoms with van der Waals surface area (Å²) in [6.07, 6.45) is 6.09. The zero-order valence-corrected chi connectivity index (χ0v) is 11.5. The van der Waals surface area contributed by atoms with E-state index in [1.807, 2.05) is 0 Å². The molecule has 0 amide bonds. The van der Waals surface area contributed by atoms with Crippen molar-refractivity contribution in [3.63, 3.8) is 0 Å². The first kappa shape index (κ1) is 12.5. The lowest BCUT2D eigenvalue weighted by atomic mass is 9.98. The molecule has 0 unspecified atom stereocenters. The second-order valence-corrected chi connectivity index (χ2v) is 6.50. The minimum absolute atomic E-state index is 0.431. The maximum Gasteiger partial charge on any atom is 0.231 e. The van der Waals surface area contributed by atoms with Crippen LogP contribution in [0, 0.1) is 0 Å². The van der Waals surface area contributed by atoms with Gasteiger partial charge in [0.05, 0.1) is 5.92 Å². The van der Waals surface area contributed by atoms with Crippen LogP contribution in [0.15, 0.2) is 4.52 Å². The molecule has 1 aromatic heterocycles. The van der Waals surface area contributed by atoms with Crippen LogP contribution in [0.2, 0.25) is 0 Å². The lowest BCUT2D eigenvalue weighted by Crippen LogP contribution is -2.28. The van der Waals surface area contributed by atoms with Crippen molar-refractivity contribution >= 4 is 11.8 Å². The fourth-order valence-electron chi connectivity index (χ4n) is 2.80. The van der Waals surface area contributed by atoms with Crippen molar-refractivity contribution in [3.05, 3.63) is 11.7 Å². The number of thioether (sulfide) groups is 1. The molecule has 0 aliphatic carbocycles. The Balaban J connectivity index is 1.67. The molecule has 0 bridgehead atoms. The van der Waals surface area contributed by atoms with E-state index < -0.39 is 0 Å². The zero-order chi connectivity index (χ0) is 12.2. The van der Waals surface area contributed by atoms with Crippen molar-refractivity contribution < 1.29 is 4.52 Å². The summed E-state index contributed by atoms with van der Waals surface area (Å²) in [5, 5.41) is 7.63. The van der Waals surface area contributed by atoms with Gasteiger partial charge in [-0.05, 0) is 50.2 Å². The van der Waals surface area contributed by atoms with Crippen LogP contribution in [0.3, 0.4) is 0 Å². The average molecular weight is 267 g/mol. The smallest absolute Gasteiger partial charge is 0.231 e. The number of aromatic nitrogens is 2. The molecule has 2 fully saturated rings. The molecule has 3 rings (SSSR count). The summed E-state index contributed by atoms with van der Waals surface area (Å²) >= 11 is 2.05. The van der Waals surface area contributed by atoms with Crippen molar-refractivity contribution in [1.82, 2.24) is 15.5 Å². The second-order valence-electron chi connectivity index (χ2n) is 5.27. The first-order valence-electron chi connectivity index (χ1n) is 7.05. The van der Waals surface area contributed by atoms with E-state index in [0.29, 0.717) is 11.8 Å². The number of hydrogen-bond donors (Lipinski definition) is 1. The Bertz CT molecular complexity index is 368. The highest BCUT2D eigenvalue weighted by Crippen LogP contribution is 2.30. The van der Waals surface area contributed by atoms with Gasteiger partial charge in [-0.1, -0.05) is 5.16 Å². The van der Waals surface area contributed by atoms with Gasteiger partial charge in [-0.3, -0.25) is 0 Å². The predicted molar refractivity (Wildman–Crippen MR) is 73.1 cm³/mol. The Morgan fingerprint density at radius 1 is 1.11 bits per heavy atom. The van der Waals surface area contributed by atoms with Gasteiger partial charge in [0.25, 0.3) is 0 Å². The molecule has 18 heavy (non-hydrogen) atoms. The van der Waals surface area contributed by atoms with Gasteiger partial charge in [-0.25, -0.2) is 0 Å². The minimum atomic E-state index is 0.431. The standard InChI is InChI=1S/C13H21N3OS/c1-3-11(9-14-6-1)13-15-12(16-17-13)10-4-2-7-18-8-5-10/h10-11,14H,1-9H2/t10-,11-/m0/s1. The van der Waals surface area contributed by atoms with E-state index in [1.54, 1.807) is 0 Å². The topological polar surface area (TPSA) is 51.0 Å². The minimum Gasteiger partial charge on any atom is -0.339 e. The normalized spacial score (nSPS) is 30.0. The molecule has 4 nitrogen and oxygen atoms in total. The largest absolute Gasteiger partial charge is 0.339 e. The van der Waals surface area contributed by atoms with Gasteiger partial charge in [-0.15, -0.1) is 0 Å². The van der Waals surface area contributed by atoms with Gasteiger partial charge >= 0.3 is 0 Å². The van der Waals surface area contributed by atoms with Crippen LogP contribution < -0.4 is 5.32 Å². The van der Waals surface area contributed by atoms with E-state index in [1.165, 1.54) is 43.6 Å². The molecule has 2 saturated heterocycles. The third kappa shape index (κ3) is 2.88. The van der Waals surface area contributed by atoms with Crippen LogP contribution in [0.4, 0.5) is 0 Å². The van der Waals surface area contributed by atoms with Crippen LogP contribution >= 0.6 is 11.8 Å². The van der Waals surface area contributed by atoms with Crippen LogP contribution in [-0.4, -0.2) is 34.7 Å². The molecule has 0 spiro atoms. The molecular formula is C13H21N3OS. The molecular weight excluding hydrogens is 246 g/mol. The van der Waals surface area contributed by atoms with E-state index in [4.69, 9.17) is 4.52 Å². The molecule has 1 aromatic rings. The molecule has 2 atom stereocenters.